The Kier molecular flexibility index (Phi) is 5.20. The van der Waals surface area contributed by atoms with Crippen molar-refractivity contribution in [3.05, 3.63) is 23.9 Å². The van der Waals surface area contributed by atoms with Crippen LogP contribution >= 0.6 is 0 Å². The van der Waals surface area contributed by atoms with Crippen LogP contribution in [-0.4, -0.2) is 45.1 Å². The fraction of sp³-hybridized carbons (Fsp3) is 0.667. The number of carboxylic acid groups (broad SMARTS) is 1. The first-order valence-electron chi connectivity index (χ1n) is 8.97. The maximum Gasteiger partial charge on any atom is 0.307 e. The lowest BCUT2D eigenvalue weighted by Crippen LogP contribution is -2.45. The van der Waals surface area contributed by atoms with Gasteiger partial charge in [0.15, 0.2) is 5.82 Å². The highest BCUT2D eigenvalue weighted by atomic mass is 16.5. The van der Waals surface area contributed by atoms with Crippen molar-refractivity contribution in [2.45, 2.75) is 51.4 Å². The Labute approximate surface area is 147 Å². The quantitative estimate of drug-likeness (QED) is 0.841. The smallest absolute Gasteiger partial charge is 0.307 e. The standard InChI is InChI=1S/C18H25N3O4/c1-11(2)15-19-16(25-20-15)12-7-9-21(10-8-12)17(22)13-5-3-4-6-14(13)18(23)24/h3-4,11-14H,5-10H2,1-2H3,(H,23,24)/t13-,14+/m0/s1. The molecule has 136 valence electrons. The van der Waals surface area contributed by atoms with E-state index in [1.807, 2.05) is 26.0 Å². The number of piperidine rings is 1. The fourth-order valence-electron chi connectivity index (χ4n) is 3.59. The third-order valence-corrected chi connectivity index (χ3v) is 5.20. The van der Waals surface area contributed by atoms with Gasteiger partial charge >= 0.3 is 5.97 Å². The van der Waals surface area contributed by atoms with Gasteiger partial charge in [-0.05, 0) is 25.7 Å². The highest BCUT2D eigenvalue weighted by molar-refractivity contribution is 5.85. The summed E-state index contributed by atoms with van der Waals surface area (Å²) in [6.45, 7) is 5.26. The molecule has 2 aliphatic rings. The second-order valence-electron chi connectivity index (χ2n) is 7.24. The summed E-state index contributed by atoms with van der Waals surface area (Å²) in [5, 5.41) is 13.4. The van der Waals surface area contributed by atoms with Gasteiger partial charge in [-0.2, -0.15) is 4.98 Å². The molecular weight excluding hydrogens is 322 g/mol. The first kappa shape index (κ1) is 17.6. The molecule has 0 unspecified atom stereocenters. The average molecular weight is 347 g/mol. The number of aliphatic carboxylic acids is 1. The number of carbonyl (C=O) groups excluding carboxylic acids is 1. The number of rotatable bonds is 4. The molecule has 0 saturated carbocycles. The molecule has 1 aliphatic heterocycles. The molecule has 7 nitrogen and oxygen atoms in total. The maximum atomic E-state index is 12.8. The number of hydrogen-bond donors (Lipinski definition) is 1. The Morgan fingerprint density at radius 2 is 1.84 bits per heavy atom. The largest absolute Gasteiger partial charge is 0.481 e. The fourth-order valence-corrected chi connectivity index (χ4v) is 3.59. The third-order valence-electron chi connectivity index (χ3n) is 5.20. The summed E-state index contributed by atoms with van der Waals surface area (Å²) < 4.78 is 5.37. The molecule has 1 amide bonds. The summed E-state index contributed by atoms with van der Waals surface area (Å²) in [5.74, 6) is -0.216. The van der Waals surface area contributed by atoms with Crippen LogP contribution in [0.15, 0.2) is 16.7 Å². The van der Waals surface area contributed by atoms with Crippen LogP contribution in [0.5, 0.6) is 0 Å². The van der Waals surface area contributed by atoms with Crippen molar-refractivity contribution in [2.75, 3.05) is 13.1 Å². The van der Waals surface area contributed by atoms with E-state index < -0.39 is 17.8 Å². The van der Waals surface area contributed by atoms with Gasteiger partial charge < -0.3 is 14.5 Å². The molecule has 1 N–H and O–H groups in total. The van der Waals surface area contributed by atoms with Crippen LogP contribution in [0.4, 0.5) is 0 Å². The van der Waals surface area contributed by atoms with E-state index in [0.29, 0.717) is 37.6 Å². The molecule has 7 heteroatoms. The molecule has 25 heavy (non-hydrogen) atoms. The summed E-state index contributed by atoms with van der Waals surface area (Å²) in [6, 6.07) is 0. The van der Waals surface area contributed by atoms with Crippen molar-refractivity contribution < 1.29 is 19.2 Å². The van der Waals surface area contributed by atoms with Gasteiger partial charge in [0, 0.05) is 24.9 Å². The van der Waals surface area contributed by atoms with Gasteiger partial charge in [0.05, 0.1) is 11.8 Å². The van der Waals surface area contributed by atoms with Crippen LogP contribution in [0.2, 0.25) is 0 Å². The molecule has 1 aromatic rings. The molecule has 0 bridgehead atoms. The summed E-state index contributed by atoms with van der Waals surface area (Å²) in [7, 11) is 0. The Morgan fingerprint density at radius 3 is 2.40 bits per heavy atom. The Balaban J connectivity index is 1.60. The molecule has 2 atom stereocenters. The van der Waals surface area contributed by atoms with E-state index in [2.05, 4.69) is 10.1 Å². The van der Waals surface area contributed by atoms with Crippen molar-refractivity contribution >= 4 is 11.9 Å². The Bertz CT molecular complexity index is 659. The van der Waals surface area contributed by atoms with Crippen molar-refractivity contribution in [3.8, 4) is 0 Å². The van der Waals surface area contributed by atoms with Gasteiger partial charge in [0.2, 0.25) is 11.8 Å². The van der Waals surface area contributed by atoms with Crippen LogP contribution in [0.3, 0.4) is 0 Å². The first-order valence-corrected chi connectivity index (χ1v) is 8.97. The predicted molar refractivity (Wildman–Crippen MR) is 89.9 cm³/mol. The van der Waals surface area contributed by atoms with Crippen LogP contribution in [0.1, 0.15) is 63.1 Å². The van der Waals surface area contributed by atoms with Crippen molar-refractivity contribution in [1.82, 2.24) is 15.0 Å². The average Bonchev–Trinajstić information content (AvgIpc) is 3.11. The zero-order valence-corrected chi connectivity index (χ0v) is 14.7. The molecule has 1 saturated heterocycles. The van der Waals surface area contributed by atoms with E-state index in [9.17, 15) is 14.7 Å². The summed E-state index contributed by atoms with van der Waals surface area (Å²) in [4.78, 5) is 30.5. The highest BCUT2D eigenvalue weighted by Gasteiger charge is 2.38. The third kappa shape index (κ3) is 3.75. The van der Waals surface area contributed by atoms with Gasteiger partial charge in [0.1, 0.15) is 0 Å². The molecule has 1 aromatic heterocycles. The number of carbonyl (C=O) groups is 2. The van der Waals surface area contributed by atoms with Gasteiger partial charge in [-0.1, -0.05) is 31.2 Å². The molecule has 1 aliphatic carbocycles. The minimum atomic E-state index is -0.885. The number of nitrogens with zero attached hydrogens (tertiary/aromatic N) is 3. The Morgan fingerprint density at radius 1 is 1.20 bits per heavy atom. The first-order chi connectivity index (χ1) is 12.0. The molecule has 1 fully saturated rings. The molecule has 3 rings (SSSR count). The second-order valence-corrected chi connectivity index (χ2v) is 7.24. The lowest BCUT2D eigenvalue weighted by Gasteiger charge is -2.35. The molecular formula is C18H25N3O4. The topological polar surface area (TPSA) is 96.5 Å². The van der Waals surface area contributed by atoms with E-state index >= 15 is 0 Å². The van der Waals surface area contributed by atoms with Gasteiger partial charge in [-0.3, -0.25) is 9.59 Å². The SMILES string of the molecule is CC(C)c1noc(C2CCN(C(=O)[C@H]3CC=CC[C@H]3C(=O)O)CC2)n1. The molecule has 2 heterocycles. The zero-order valence-electron chi connectivity index (χ0n) is 14.7. The summed E-state index contributed by atoms with van der Waals surface area (Å²) in [6.07, 6.45) is 6.26. The number of allylic oxidation sites excluding steroid dienone is 2. The van der Waals surface area contributed by atoms with Crippen molar-refractivity contribution in [2.24, 2.45) is 11.8 Å². The van der Waals surface area contributed by atoms with Crippen LogP contribution < -0.4 is 0 Å². The van der Waals surface area contributed by atoms with E-state index in [1.165, 1.54) is 0 Å². The molecule has 0 radical (unpaired) electrons. The highest BCUT2D eigenvalue weighted by Crippen LogP contribution is 2.32. The van der Waals surface area contributed by atoms with Crippen molar-refractivity contribution in [1.29, 1.82) is 0 Å². The van der Waals surface area contributed by atoms with Gasteiger partial charge in [-0.25, -0.2) is 0 Å². The zero-order chi connectivity index (χ0) is 18.0. The Hall–Kier alpha value is -2.18. The summed E-state index contributed by atoms with van der Waals surface area (Å²) >= 11 is 0. The van der Waals surface area contributed by atoms with Crippen LogP contribution in [-0.2, 0) is 9.59 Å². The molecule has 0 spiro atoms. The van der Waals surface area contributed by atoms with Gasteiger partial charge in [0.25, 0.3) is 0 Å². The minimum absolute atomic E-state index is 0.0383. The second kappa shape index (κ2) is 7.37. The normalized spacial score (nSPS) is 24.7. The number of amides is 1. The van der Waals surface area contributed by atoms with Gasteiger partial charge in [-0.15, -0.1) is 0 Å². The maximum absolute atomic E-state index is 12.8. The van der Waals surface area contributed by atoms with E-state index in [4.69, 9.17) is 4.52 Å². The van der Waals surface area contributed by atoms with Crippen molar-refractivity contribution in [3.63, 3.8) is 0 Å². The minimum Gasteiger partial charge on any atom is -0.481 e. The molecule has 0 aromatic carbocycles. The van der Waals surface area contributed by atoms with Crippen LogP contribution in [0, 0.1) is 11.8 Å². The number of carboxylic acids is 1. The number of likely N-dealkylation sites (tertiary alicyclic amines) is 1. The van der Waals surface area contributed by atoms with E-state index in [-0.39, 0.29) is 17.7 Å². The number of hydrogen-bond acceptors (Lipinski definition) is 5. The van der Waals surface area contributed by atoms with E-state index in [1.54, 1.807) is 4.90 Å². The van der Waals surface area contributed by atoms with E-state index in [0.717, 1.165) is 12.8 Å². The summed E-state index contributed by atoms with van der Waals surface area (Å²) in [5.41, 5.74) is 0. The lowest BCUT2D eigenvalue weighted by atomic mass is 9.81. The number of aromatic nitrogens is 2. The van der Waals surface area contributed by atoms with Crippen LogP contribution in [0.25, 0.3) is 0 Å². The monoisotopic (exact) mass is 347 g/mol. The predicted octanol–water partition coefficient (Wildman–Crippen LogP) is 2.57. The lowest BCUT2D eigenvalue weighted by molar-refractivity contribution is -0.151.